The van der Waals surface area contributed by atoms with Crippen LogP contribution in [0.15, 0.2) is 18.2 Å². The third kappa shape index (κ3) is 3.26. The Morgan fingerprint density at radius 3 is 2.68 bits per heavy atom. The first-order valence-electron chi connectivity index (χ1n) is 6.65. The lowest BCUT2D eigenvalue weighted by atomic mass is 9.94. The van der Waals surface area contributed by atoms with Crippen LogP contribution in [0, 0.1) is 0 Å². The highest BCUT2D eigenvalue weighted by Gasteiger charge is 2.26. The fourth-order valence-corrected chi connectivity index (χ4v) is 2.40. The Labute approximate surface area is 113 Å². The van der Waals surface area contributed by atoms with Crippen LogP contribution in [0.25, 0.3) is 0 Å². The third-order valence-corrected chi connectivity index (χ3v) is 3.51. The minimum absolute atomic E-state index is 0.0528. The number of rotatable bonds is 4. The van der Waals surface area contributed by atoms with Gasteiger partial charge in [0.1, 0.15) is 17.6 Å². The molecular weight excluding hydrogens is 244 g/mol. The summed E-state index contributed by atoms with van der Waals surface area (Å²) in [7, 11) is 1.57. The summed E-state index contributed by atoms with van der Waals surface area (Å²) in [4.78, 5) is 11.6. The van der Waals surface area contributed by atoms with Crippen LogP contribution in [-0.2, 0) is 0 Å². The van der Waals surface area contributed by atoms with Crippen molar-refractivity contribution in [2.45, 2.75) is 44.8 Å². The molecule has 1 aliphatic carbocycles. The molecule has 2 atom stereocenters. The molecule has 0 spiro atoms. The molecule has 2 unspecified atom stereocenters. The third-order valence-electron chi connectivity index (χ3n) is 3.51. The van der Waals surface area contributed by atoms with Gasteiger partial charge in [0.15, 0.2) is 5.78 Å². The van der Waals surface area contributed by atoms with E-state index in [0.29, 0.717) is 17.1 Å². The van der Waals surface area contributed by atoms with Crippen molar-refractivity contribution in [3.05, 3.63) is 23.8 Å². The van der Waals surface area contributed by atoms with Crippen LogP contribution in [-0.4, -0.2) is 30.2 Å². The molecule has 0 heterocycles. The highest BCUT2D eigenvalue weighted by Crippen LogP contribution is 2.29. The minimum Gasteiger partial charge on any atom is -0.497 e. The van der Waals surface area contributed by atoms with Gasteiger partial charge in [0.2, 0.25) is 0 Å². The standard InChI is InChI=1S/C15H20O4/c1-10(16)12-8-7-11(18-2)9-15(12)19-14-6-4-3-5-13(14)17/h7-9,13-14,17H,3-6H2,1-2H3. The van der Waals surface area contributed by atoms with E-state index < -0.39 is 6.10 Å². The number of Topliss-reactive ketones (excluding diaryl/α,β-unsaturated/α-hetero) is 1. The summed E-state index contributed by atoms with van der Waals surface area (Å²) >= 11 is 0. The van der Waals surface area contributed by atoms with Crippen LogP contribution in [0.2, 0.25) is 0 Å². The topological polar surface area (TPSA) is 55.8 Å². The lowest BCUT2D eigenvalue weighted by Gasteiger charge is -2.28. The Bertz CT molecular complexity index is 455. The van der Waals surface area contributed by atoms with Gasteiger partial charge in [-0.1, -0.05) is 6.42 Å². The highest BCUT2D eigenvalue weighted by molar-refractivity contribution is 5.97. The molecule has 1 saturated carbocycles. The lowest BCUT2D eigenvalue weighted by Crippen LogP contribution is -2.35. The van der Waals surface area contributed by atoms with Gasteiger partial charge in [-0.3, -0.25) is 4.79 Å². The molecule has 0 amide bonds. The number of ketones is 1. The molecule has 1 fully saturated rings. The SMILES string of the molecule is COc1ccc(C(C)=O)c(OC2CCCCC2O)c1. The number of hydrogen-bond acceptors (Lipinski definition) is 4. The van der Waals surface area contributed by atoms with E-state index >= 15 is 0 Å². The van der Waals surface area contributed by atoms with Crippen molar-refractivity contribution in [2.75, 3.05) is 7.11 Å². The highest BCUT2D eigenvalue weighted by atomic mass is 16.5. The predicted octanol–water partition coefficient (Wildman–Crippen LogP) is 2.58. The fraction of sp³-hybridized carbons (Fsp3) is 0.533. The van der Waals surface area contributed by atoms with Crippen LogP contribution in [0.1, 0.15) is 43.0 Å². The second-order valence-electron chi connectivity index (χ2n) is 4.93. The van der Waals surface area contributed by atoms with Gasteiger partial charge in [-0.25, -0.2) is 0 Å². The predicted molar refractivity (Wildman–Crippen MR) is 71.9 cm³/mol. The number of carbonyl (C=O) groups is 1. The summed E-state index contributed by atoms with van der Waals surface area (Å²) in [5.74, 6) is 1.09. The van der Waals surface area contributed by atoms with Crippen molar-refractivity contribution in [1.82, 2.24) is 0 Å². The van der Waals surface area contributed by atoms with Crippen molar-refractivity contribution in [3.63, 3.8) is 0 Å². The number of carbonyl (C=O) groups excluding carboxylic acids is 1. The van der Waals surface area contributed by atoms with Crippen molar-refractivity contribution in [1.29, 1.82) is 0 Å². The first-order chi connectivity index (χ1) is 9.11. The summed E-state index contributed by atoms with van der Waals surface area (Å²) in [6.07, 6.45) is 2.94. The van der Waals surface area contributed by atoms with Crippen LogP contribution in [0.5, 0.6) is 11.5 Å². The van der Waals surface area contributed by atoms with E-state index in [4.69, 9.17) is 9.47 Å². The quantitative estimate of drug-likeness (QED) is 0.849. The number of aliphatic hydroxyl groups excluding tert-OH is 1. The molecule has 19 heavy (non-hydrogen) atoms. The Hall–Kier alpha value is -1.55. The van der Waals surface area contributed by atoms with Crippen molar-refractivity contribution in [2.24, 2.45) is 0 Å². The normalized spacial score (nSPS) is 22.9. The molecular formula is C15H20O4. The first-order valence-corrected chi connectivity index (χ1v) is 6.65. The Morgan fingerprint density at radius 1 is 1.32 bits per heavy atom. The number of benzene rings is 1. The van der Waals surface area contributed by atoms with Gasteiger partial charge in [0.25, 0.3) is 0 Å². The summed E-state index contributed by atoms with van der Waals surface area (Å²) in [6.45, 7) is 1.51. The Morgan fingerprint density at radius 2 is 2.05 bits per heavy atom. The number of hydrogen-bond donors (Lipinski definition) is 1. The first kappa shape index (κ1) is 13.9. The van der Waals surface area contributed by atoms with E-state index in [1.54, 1.807) is 25.3 Å². The molecule has 0 radical (unpaired) electrons. The van der Waals surface area contributed by atoms with Crippen LogP contribution in [0.4, 0.5) is 0 Å². The summed E-state index contributed by atoms with van der Waals surface area (Å²) < 4.78 is 11.0. The van der Waals surface area contributed by atoms with Gasteiger partial charge in [0, 0.05) is 6.07 Å². The van der Waals surface area contributed by atoms with Gasteiger partial charge >= 0.3 is 0 Å². The number of aliphatic hydroxyl groups is 1. The molecule has 104 valence electrons. The van der Waals surface area contributed by atoms with E-state index in [1.165, 1.54) is 6.92 Å². The minimum atomic E-state index is -0.459. The van der Waals surface area contributed by atoms with Gasteiger partial charge < -0.3 is 14.6 Å². The molecule has 2 rings (SSSR count). The zero-order chi connectivity index (χ0) is 13.8. The van der Waals surface area contributed by atoms with Gasteiger partial charge in [-0.05, 0) is 38.3 Å². The number of ether oxygens (including phenoxy) is 2. The Balaban J connectivity index is 2.23. The van der Waals surface area contributed by atoms with E-state index in [0.717, 1.165) is 25.7 Å². The molecule has 0 aliphatic heterocycles. The van der Waals surface area contributed by atoms with Gasteiger partial charge in [-0.15, -0.1) is 0 Å². The smallest absolute Gasteiger partial charge is 0.163 e. The maximum atomic E-state index is 11.6. The van der Waals surface area contributed by atoms with E-state index in [-0.39, 0.29) is 11.9 Å². The van der Waals surface area contributed by atoms with Gasteiger partial charge in [-0.2, -0.15) is 0 Å². The molecule has 1 aromatic carbocycles. The Kier molecular flexibility index (Phi) is 4.43. The van der Waals surface area contributed by atoms with Crippen LogP contribution >= 0.6 is 0 Å². The zero-order valence-electron chi connectivity index (χ0n) is 11.4. The molecule has 0 bridgehead atoms. The van der Waals surface area contributed by atoms with Crippen molar-refractivity contribution >= 4 is 5.78 Å². The fourth-order valence-electron chi connectivity index (χ4n) is 2.40. The maximum Gasteiger partial charge on any atom is 0.163 e. The van der Waals surface area contributed by atoms with E-state index in [9.17, 15) is 9.90 Å². The molecule has 4 heteroatoms. The van der Waals surface area contributed by atoms with Gasteiger partial charge in [0.05, 0.1) is 18.8 Å². The van der Waals surface area contributed by atoms with Crippen LogP contribution < -0.4 is 9.47 Å². The molecule has 1 N–H and O–H groups in total. The average Bonchev–Trinajstić information content (AvgIpc) is 2.41. The molecule has 0 saturated heterocycles. The van der Waals surface area contributed by atoms with E-state index in [1.807, 2.05) is 0 Å². The number of methoxy groups -OCH3 is 1. The summed E-state index contributed by atoms with van der Waals surface area (Å²) in [6, 6.07) is 5.14. The molecule has 4 nitrogen and oxygen atoms in total. The monoisotopic (exact) mass is 264 g/mol. The van der Waals surface area contributed by atoms with E-state index in [2.05, 4.69) is 0 Å². The summed E-state index contributed by atoms with van der Waals surface area (Å²) in [5.41, 5.74) is 0.526. The average molecular weight is 264 g/mol. The zero-order valence-corrected chi connectivity index (χ0v) is 11.4. The molecule has 1 aromatic rings. The maximum absolute atomic E-state index is 11.6. The molecule has 1 aliphatic rings. The molecule has 0 aromatic heterocycles. The largest absolute Gasteiger partial charge is 0.497 e. The summed E-state index contributed by atoms with van der Waals surface area (Å²) in [5, 5.41) is 9.95. The van der Waals surface area contributed by atoms with Crippen LogP contribution in [0.3, 0.4) is 0 Å². The second kappa shape index (κ2) is 6.06. The van der Waals surface area contributed by atoms with Crippen molar-refractivity contribution < 1.29 is 19.4 Å². The second-order valence-corrected chi connectivity index (χ2v) is 4.93. The van der Waals surface area contributed by atoms with Crippen molar-refractivity contribution in [3.8, 4) is 11.5 Å². The lowest BCUT2D eigenvalue weighted by molar-refractivity contribution is 0.00638.